The second kappa shape index (κ2) is 7.02. The lowest BCUT2D eigenvalue weighted by Gasteiger charge is -2.01. The molecule has 0 atom stereocenters. The van der Waals surface area contributed by atoms with E-state index in [1.165, 1.54) is 11.3 Å². The third-order valence-electron chi connectivity index (χ3n) is 2.63. The quantitative estimate of drug-likeness (QED) is 0.633. The second-order valence-electron chi connectivity index (χ2n) is 4.16. The Morgan fingerprint density at radius 2 is 2.15 bits per heavy atom. The summed E-state index contributed by atoms with van der Waals surface area (Å²) in [6, 6.07) is 7.47. The number of nitrogens with two attached hydrogens (primary N) is 1. The number of nitrogens with zero attached hydrogens (tertiary/aromatic N) is 1. The highest BCUT2D eigenvalue weighted by Gasteiger charge is 2.07. The molecule has 0 saturated heterocycles. The number of ether oxygens (including phenoxy) is 1. The molecule has 1 amide bonds. The third kappa shape index (κ3) is 4.04. The molecule has 1 heterocycles. The predicted molar refractivity (Wildman–Crippen MR) is 81.7 cm³/mol. The van der Waals surface area contributed by atoms with Gasteiger partial charge in [-0.3, -0.25) is 4.79 Å². The van der Waals surface area contributed by atoms with E-state index < -0.39 is 0 Å². The van der Waals surface area contributed by atoms with Crippen LogP contribution in [0, 0.1) is 0 Å². The summed E-state index contributed by atoms with van der Waals surface area (Å²) in [6.45, 7) is 2.95. The first kappa shape index (κ1) is 14.5. The molecule has 6 heteroatoms. The van der Waals surface area contributed by atoms with E-state index in [9.17, 15) is 4.79 Å². The van der Waals surface area contributed by atoms with Crippen LogP contribution in [0.5, 0.6) is 0 Å². The molecule has 0 aliphatic rings. The minimum absolute atomic E-state index is 0.0864. The molecular weight excluding hydrogens is 274 g/mol. The van der Waals surface area contributed by atoms with Crippen LogP contribution in [0.15, 0.2) is 29.6 Å². The van der Waals surface area contributed by atoms with Gasteiger partial charge in [-0.1, -0.05) is 12.1 Å². The normalized spacial score (nSPS) is 10.4. The molecule has 2 aromatic rings. The standard InChI is InChI=1S/C14H17N3O2S/c1-2-19-8-7-13(18)17-14-16-12(9-20-14)10-3-5-11(15)6-4-10/h3-6,9H,2,7-8,15H2,1H3,(H,16,17,18). The Balaban J connectivity index is 1.95. The van der Waals surface area contributed by atoms with Crippen LogP contribution in [0.1, 0.15) is 13.3 Å². The monoisotopic (exact) mass is 291 g/mol. The van der Waals surface area contributed by atoms with Gasteiger partial charge in [0.2, 0.25) is 5.91 Å². The van der Waals surface area contributed by atoms with Crippen LogP contribution in [0.25, 0.3) is 11.3 Å². The second-order valence-corrected chi connectivity index (χ2v) is 5.01. The molecule has 5 nitrogen and oxygen atoms in total. The number of nitrogens with one attached hydrogen (secondary N) is 1. The summed E-state index contributed by atoms with van der Waals surface area (Å²) in [5.41, 5.74) is 8.17. The molecule has 0 radical (unpaired) electrons. The Bertz CT molecular complexity index is 566. The number of anilines is 2. The summed E-state index contributed by atoms with van der Waals surface area (Å²) >= 11 is 1.40. The fourth-order valence-corrected chi connectivity index (χ4v) is 2.34. The van der Waals surface area contributed by atoms with Crippen LogP contribution >= 0.6 is 11.3 Å². The van der Waals surface area contributed by atoms with E-state index in [4.69, 9.17) is 10.5 Å². The average Bonchev–Trinajstić information content (AvgIpc) is 2.88. The van der Waals surface area contributed by atoms with Crippen LogP contribution in [0.2, 0.25) is 0 Å². The number of aromatic nitrogens is 1. The fourth-order valence-electron chi connectivity index (χ4n) is 1.61. The molecule has 1 aromatic heterocycles. The Labute approximate surface area is 121 Å². The maximum atomic E-state index is 11.6. The summed E-state index contributed by atoms with van der Waals surface area (Å²) in [7, 11) is 0. The minimum Gasteiger partial charge on any atom is -0.399 e. The smallest absolute Gasteiger partial charge is 0.228 e. The van der Waals surface area contributed by atoms with E-state index in [1.807, 2.05) is 36.6 Å². The molecule has 0 unspecified atom stereocenters. The Kier molecular flexibility index (Phi) is 5.09. The van der Waals surface area contributed by atoms with Gasteiger partial charge in [-0.25, -0.2) is 4.98 Å². The van der Waals surface area contributed by atoms with E-state index in [-0.39, 0.29) is 5.91 Å². The minimum atomic E-state index is -0.0864. The molecule has 0 aliphatic carbocycles. The highest BCUT2D eigenvalue weighted by atomic mass is 32.1. The SMILES string of the molecule is CCOCCC(=O)Nc1nc(-c2ccc(N)cc2)cs1. The number of carbonyl (C=O) groups excluding carboxylic acids is 1. The van der Waals surface area contributed by atoms with E-state index >= 15 is 0 Å². The molecule has 0 saturated carbocycles. The summed E-state index contributed by atoms with van der Waals surface area (Å²) in [6.07, 6.45) is 0.338. The van der Waals surface area contributed by atoms with Crippen molar-refractivity contribution in [2.45, 2.75) is 13.3 Å². The summed E-state index contributed by atoms with van der Waals surface area (Å²) in [5, 5.41) is 5.27. The lowest BCUT2D eigenvalue weighted by Crippen LogP contribution is -2.13. The van der Waals surface area contributed by atoms with Gasteiger partial charge in [-0.05, 0) is 19.1 Å². The van der Waals surface area contributed by atoms with Gasteiger partial charge in [0, 0.05) is 23.2 Å². The van der Waals surface area contributed by atoms with Gasteiger partial charge >= 0.3 is 0 Å². The maximum absolute atomic E-state index is 11.6. The van der Waals surface area contributed by atoms with Crippen molar-refractivity contribution < 1.29 is 9.53 Å². The van der Waals surface area contributed by atoms with Crippen molar-refractivity contribution in [1.82, 2.24) is 4.98 Å². The Morgan fingerprint density at radius 3 is 2.85 bits per heavy atom. The van der Waals surface area contributed by atoms with Crippen molar-refractivity contribution in [2.24, 2.45) is 0 Å². The van der Waals surface area contributed by atoms with Gasteiger partial charge in [0.05, 0.1) is 18.7 Å². The van der Waals surface area contributed by atoms with Gasteiger partial charge < -0.3 is 15.8 Å². The third-order valence-corrected chi connectivity index (χ3v) is 3.39. The molecule has 2 rings (SSSR count). The summed E-state index contributed by atoms with van der Waals surface area (Å²) in [5.74, 6) is -0.0864. The maximum Gasteiger partial charge on any atom is 0.228 e. The van der Waals surface area contributed by atoms with Gasteiger partial charge in [0.1, 0.15) is 0 Å². The molecule has 1 aromatic carbocycles. The molecule has 0 spiro atoms. The Hall–Kier alpha value is -1.92. The number of benzene rings is 1. The number of nitrogen functional groups attached to an aromatic ring is 1. The van der Waals surface area contributed by atoms with Crippen LogP contribution in [0.3, 0.4) is 0 Å². The number of hydrogen-bond donors (Lipinski definition) is 2. The number of carbonyl (C=O) groups is 1. The molecule has 0 bridgehead atoms. The van der Waals surface area contributed by atoms with E-state index in [0.717, 1.165) is 11.3 Å². The molecule has 106 valence electrons. The van der Waals surface area contributed by atoms with Crippen molar-refractivity contribution in [1.29, 1.82) is 0 Å². The van der Waals surface area contributed by atoms with E-state index in [1.54, 1.807) is 0 Å². The van der Waals surface area contributed by atoms with Gasteiger partial charge in [-0.2, -0.15) is 0 Å². The highest BCUT2D eigenvalue weighted by molar-refractivity contribution is 7.14. The van der Waals surface area contributed by atoms with Crippen molar-refractivity contribution in [3.05, 3.63) is 29.6 Å². The highest BCUT2D eigenvalue weighted by Crippen LogP contribution is 2.25. The predicted octanol–water partition coefficient (Wildman–Crippen LogP) is 2.76. The molecule has 0 aliphatic heterocycles. The lowest BCUT2D eigenvalue weighted by atomic mass is 10.1. The van der Waals surface area contributed by atoms with Gasteiger partial charge in [-0.15, -0.1) is 11.3 Å². The van der Waals surface area contributed by atoms with Crippen LogP contribution in [0.4, 0.5) is 10.8 Å². The summed E-state index contributed by atoms with van der Waals surface area (Å²) < 4.78 is 5.14. The van der Waals surface area contributed by atoms with E-state index in [0.29, 0.717) is 30.5 Å². The van der Waals surface area contributed by atoms with Gasteiger partial charge in [0.25, 0.3) is 0 Å². The molecule has 0 fully saturated rings. The van der Waals surface area contributed by atoms with E-state index in [2.05, 4.69) is 10.3 Å². The zero-order valence-electron chi connectivity index (χ0n) is 11.3. The zero-order chi connectivity index (χ0) is 14.4. The van der Waals surface area contributed by atoms with Crippen LogP contribution < -0.4 is 11.1 Å². The Morgan fingerprint density at radius 1 is 1.40 bits per heavy atom. The molecular formula is C14H17N3O2S. The van der Waals surface area contributed by atoms with Crippen molar-refractivity contribution in [3.8, 4) is 11.3 Å². The van der Waals surface area contributed by atoms with Crippen molar-refractivity contribution in [3.63, 3.8) is 0 Å². The summed E-state index contributed by atoms with van der Waals surface area (Å²) in [4.78, 5) is 16.0. The van der Waals surface area contributed by atoms with Crippen molar-refractivity contribution >= 4 is 28.1 Å². The van der Waals surface area contributed by atoms with Crippen LogP contribution in [-0.4, -0.2) is 24.1 Å². The lowest BCUT2D eigenvalue weighted by molar-refractivity contribution is -0.117. The number of rotatable bonds is 6. The first-order chi connectivity index (χ1) is 9.69. The first-order valence-electron chi connectivity index (χ1n) is 6.38. The molecule has 3 N–H and O–H groups in total. The molecule has 20 heavy (non-hydrogen) atoms. The first-order valence-corrected chi connectivity index (χ1v) is 7.26. The van der Waals surface area contributed by atoms with Crippen molar-refractivity contribution in [2.75, 3.05) is 24.3 Å². The topological polar surface area (TPSA) is 77.2 Å². The van der Waals surface area contributed by atoms with Gasteiger partial charge in [0.15, 0.2) is 5.13 Å². The largest absolute Gasteiger partial charge is 0.399 e. The number of thiazole rings is 1. The number of hydrogen-bond acceptors (Lipinski definition) is 5. The average molecular weight is 291 g/mol. The fraction of sp³-hybridized carbons (Fsp3) is 0.286. The zero-order valence-corrected chi connectivity index (χ0v) is 12.1. The van der Waals surface area contributed by atoms with Crippen LogP contribution in [-0.2, 0) is 9.53 Å². The number of amides is 1.